The Morgan fingerprint density at radius 1 is 1.60 bits per heavy atom. The molecule has 0 aliphatic heterocycles. The van der Waals surface area contributed by atoms with Gasteiger partial charge in [0.05, 0.1) is 5.69 Å². The summed E-state index contributed by atoms with van der Waals surface area (Å²) in [6.45, 7) is 3.53. The first kappa shape index (κ1) is 11.5. The molecule has 0 aliphatic carbocycles. The van der Waals surface area contributed by atoms with E-state index in [0.717, 1.165) is 5.56 Å². The lowest BCUT2D eigenvalue weighted by molar-refractivity contribution is -0.116. The van der Waals surface area contributed by atoms with E-state index in [9.17, 15) is 9.90 Å². The second kappa shape index (κ2) is 4.79. The number of nitrogens with one attached hydrogen (secondary N) is 1. The van der Waals surface area contributed by atoms with Gasteiger partial charge in [0.1, 0.15) is 5.75 Å². The van der Waals surface area contributed by atoms with Crippen molar-refractivity contribution in [3.8, 4) is 5.75 Å². The van der Waals surface area contributed by atoms with Crippen LogP contribution in [0.15, 0.2) is 18.2 Å². The molecule has 82 valence electrons. The van der Waals surface area contributed by atoms with Gasteiger partial charge in [-0.05, 0) is 25.5 Å². The standard InChI is InChI=1S/C11H16N2O2/c1-7-4-3-5-9(11(7)15)13-10(14)6-8(2)12/h3-5,8,15H,6,12H2,1-2H3,(H,13,14). The number of hydrogen-bond donors (Lipinski definition) is 3. The minimum Gasteiger partial charge on any atom is -0.505 e. The molecule has 4 nitrogen and oxygen atoms in total. The lowest BCUT2D eigenvalue weighted by Crippen LogP contribution is -2.24. The van der Waals surface area contributed by atoms with E-state index in [1.54, 1.807) is 32.0 Å². The summed E-state index contributed by atoms with van der Waals surface area (Å²) in [6.07, 6.45) is 0.243. The average Bonchev–Trinajstić information content (AvgIpc) is 2.11. The zero-order chi connectivity index (χ0) is 11.4. The normalized spacial score (nSPS) is 12.2. The van der Waals surface area contributed by atoms with Gasteiger partial charge in [0.2, 0.25) is 5.91 Å². The number of amides is 1. The zero-order valence-corrected chi connectivity index (χ0v) is 8.95. The molecule has 1 atom stereocenters. The summed E-state index contributed by atoms with van der Waals surface area (Å²) >= 11 is 0. The Kier molecular flexibility index (Phi) is 3.68. The highest BCUT2D eigenvalue weighted by Crippen LogP contribution is 2.26. The molecule has 1 unspecified atom stereocenters. The molecule has 0 aromatic heterocycles. The van der Waals surface area contributed by atoms with Crippen LogP contribution in [0.2, 0.25) is 0 Å². The highest BCUT2D eigenvalue weighted by Gasteiger charge is 2.09. The van der Waals surface area contributed by atoms with Crippen LogP contribution in [-0.4, -0.2) is 17.1 Å². The average molecular weight is 208 g/mol. The summed E-state index contributed by atoms with van der Waals surface area (Å²) in [6, 6.07) is 5.02. The molecule has 0 spiro atoms. The van der Waals surface area contributed by atoms with Crippen molar-refractivity contribution in [2.45, 2.75) is 26.3 Å². The Balaban J connectivity index is 2.73. The number of hydrogen-bond acceptors (Lipinski definition) is 3. The summed E-state index contributed by atoms with van der Waals surface area (Å²) in [5, 5.41) is 12.2. The number of aryl methyl sites for hydroxylation is 1. The van der Waals surface area contributed by atoms with Crippen molar-refractivity contribution >= 4 is 11.6 Å². The van der Waals surface area contributed by atoms with Gasteiger partial charge in [-0.3, -0.25) is 4.79 Å². The van der Waals surface area contributed by atoms with E-state index in [2.05, 4.69) is 5.32 Å². The van der Waals surface area contributed by atoms with E-state index in [1.807, 2.05) is 0 Å². The van der Waals surface area contributed by atoms with Crippen molar-refractivity contribution in [1.29, 1.82) is 0 Å². The predicted octanol–water partition coefficient (Wildman–Crippen LogP) is 1.38. The van der Waals surface area contributed by atoms with Crippen LogP contribution in [0.4, 0.5) is 5.69 Å². The van der Waals surface area contributed by atoms with E-state index in [4.69, 9.17) is 5.73 Å². The van der Waals surface area contributed by atoms with Gasteiger partial charge >= 0.3 is 0 Å². The summed E-state index contributed by atoms with van der Waals surface area (Å²) in [5.74, 6) is -0.0820. The second-order valence-corrected chi connectivity index (χ2v) is 3.70. The maximum Gasteiger partial charge on any atom is 0.226 e. The number of phenols is 1. The Morgan fingerprint density at radius 2 is 2.27 bits per heavy atom. The number of carbonyl (C=O) groups excluding carboxylic acids is 1. The molecule has 4 heteroatoms. The molecule has 0 heterocycles. The molecular formula is C11H16N2O2. The van der Waals surface area contributed by atoms with Crippen LogP contribution in [0.1, 0.15) is 18.9 Å². The third-order valence-electron chi connectivity index (χ3n) is 2.02. The molecule has 0 saturated carbocycles. The fourth-order valence-corrected chi connectivity index (χ4v) is 1.25. The minimum absolute atomic E-state index is 0.107. The maximum atomic E-state index is 11.4. The summed E-state index contributed by atoms with van der Waals surface area (Å²) in [5.41, 5.74) is 6.65. The first-order valence-corrected chi connectivity index (χ1v) is 4.84. The lowest BCUT2D eigenvalue weighted by Gasteiger charge is -2.09. The number of aromatic hydroxyl groups is 1. The first-order valence-electron chi connectivity index (χ1n) is 4.84. The smallest absolute Gasteiger partial charge is 0.226 e. The number of rotatable bonds is 3. The molecule has 0 fully saturated rings. The van der Waals surface area contributed by atoms with Crippen molar-refractivity contribution in [3.05, 3.63) is 23.8 Å². The Hall–Kier alpha value is -1.55. The van der Waals surface area contributed by atoms with Crippen LogP contribution >= 0.6 is 0 Å². The van der Waals surface area contributed by atoms with Gasteiger partial charge < -0.3 is 16.2 Å². The molecule has 1 rings (SSSR count). The fraction of sp³-hybridized carbons (Fsp3) is 0.364. The molecule has 0 bridgehead atoms. The number of carbonyl (C=O) groups is 1. The molecule has 15 heavy (non-hydrogen) atoms. The topological polar surface area (TPSA) is 75.4 Å². The third-order valence-corrected chi connectivity index (χ3v) is 2.02. The van der Waals surface area contributed by atoms with Crippen molar-refractivity contribution in [2.24, 2.45) is 5.73 Å². The fourth-order valence-electron chi connectivity index (χ4n) is 1.25. The predicted molar refractivity (Wildman–Crippen MR) is 59.7 cm³/mol. The highest BCUT2D eigenvalue weighted by molar-refractivity contribution is 5.92. The summed E-state index contributed by atoms with van der Waals surface area (Å²) in [7, 11) is 0. The zero-order valence-electron chi connectivity index (χ0n) is 8.95. The molecular weight excluding hydrogens is 192 g/mol. The Morgan fingerprint density at radius 3 is 2.87 bits per heavy atom. The Labute approximate surface area is 89.1 Å². The minimum atomic E-state index is -0.189. The molecule has 0 saturated heterocycles. The molecule has 1 aromatic rings. The maximum absolute atomic E-state index is 11.4. The van der Waals surface area contributed by atoms with Crippen LogP contribution in [0.25, 0.3) is 0 Å². The Bertz CT molecular complexity index is 362. The molecule has 4 N–H and O–H groups in total. The quantitative estimate of drug-likeness (QED) is 0.657. The molecule has 0 aliphatic rings. The number of nitrogens with two attached hydrogens (primary N) is 1. The van der Waals surface area contributed by atoms with Crippen LogP contribution in [-0.2, 0) is 4.79 Å². The number of para-hydroxylation sites is 1. The molecule has 0 radical (unpaired) electrons. The third kappa shape index (κ3) is 3.25. The monoisotopic (exact) mass is 208 g/mol. The molecule has 1 amide bonds. The summed E-state index contributed by atoms with van der Waals surface area (Å²) < 4.78 is 0. The van der Waals surface area contributed by atoms with Crippen molar-refractivity contribution in [3.63, 3.8) is 0 Å². The van der Waals surface area contributed by atoms with E-state index in [-0.39, 0.29) is 24.1 Å². The van der Waals surface area contributed by atoms with Gasteiger partial charge in [-0.2, -0.15) is 0 Å². The van der Waals surface area contributed by atoms with E-state index >= 15 is 0 Å². The van der Waals surface area contributed by atoms with Crippen LogP contribution in [0.3, 0.4) is 0 Å². The van der Waals surface area contributed by atoms with E-state index in [0.29, 0.717) is 5.69 Å². The van der Waals surface area contributed by atoms with Crippen LogP contribution in [0, 0.1) is 6.92 Å². The van der Waals surface area contributed by atoms with Crippen molar-refractivity contribution in [1.82, 2.24) is 0 Å². The van der Waals surface area contributed by atoms with Gasteiger partial charge in [-0.15, -0.1) is 0 Å². The van der Waals surface area contributed by atoms with Crippen LogP contribution in [0.5, 0.6) is 5.75 Å². The largest absolute Gasteiger partial charge is 0.505 e. The number of phenolic OH excluding ortho intramolecular Hbond substituents is 1. The number of benzene rings is 1. The van der Waals surface area contributed by atoms with Gasteiger partial charge in [-0.1, -0.05) is 12.1 Å². The van der Waals surface area contributed by atoms with E-state index in [1.165, 1.54) is 0 Å². The molecule has 1 aromatic carbocycles. The van der Waals surface area contributed by atoms with E-state index < -0.39 is 0 Å². The van der Waals surface area contributed by atoms with Crippen molar-refractivity contribution in [2.75, 3.05) is 5.32 Å². The van der Waals surface area contributed by atoms with Gasteiger partial charge in [0.15, 0.2) is 0 Å². The SMILES string of the molecule is Cc1cccc(NC(=O)CC(C)N)c1O. The van der Waals surface area contributed by atoms with Gasteiger partial charge in [0.25, 0.3) is 0 Å². The van der Waals surface area contributed by atoms with Crippen molar-refractivity contribution < 1.29 is 9.90 Å². The van der Waals surface area contributed by atoms with Gasteiger partial charge in [0, 0.05) is 12.5 Å². The lowest BCUT2D eigenvalue weighted by atomic mass is 10.2. The second-order valence-electron chi connectivity index (χ2n) is 3.70. The highest BCUT2D eigenvalue weighted by atomic mass is 16.3. The van der Waals surface area contributed by atoms with Gasteiger partial charge in [-0.25, -0.2) is 0 Å². The number of anilines is 1. The first-order chi connectivity index (χ1) is 7.00. The summed E-state index contributed by atoms with van der Waals surface area (Å²) in [4.78, 5) is 11.4. The van der Waals surface area contributed by atoms with Crippen LogP contribution < -0.4 is 11.1 Å².